The lowest BCUT2D eigenvalue weighted by Gasteiger charge is -2.49. The average molecular weight is 258 g/mol. The summed E-state index contributed by atoms with van der Waals surface area (Å²) in [7, 11) is 0. The van der Waals surface area contributed by atoms with Gasteiger partial charge in [-0.2, -0.15) is 0 Å². The summed E-state index contributed by atoms with van der Waals surface area (Å²) in [6.07, 6.45) is 8.71. The van der Waals surface area contributed by atoms with E-state index in [4.69, 9.17) is 11.6 Å². The normalized spacial score (nSPS) is 38.5. The number of fused-ring (bicyclic) bond motifs is 2. The molecule has 98 valence electrons. The first-order valence-corrected chi connectivity index (χ1v) is 7.44. The number of halogens is 1. The highest BCUT2D eigenvalue weighted by Crippen LogP contribution is 2.46. The number of hydrogen-bond acceptors (Lipinski definition) is 1. The van der Waals surface area contributed by atoms with Crippen molar-refractivity contribution in [1.29, 1.82) is 0 Å². The van der Waals surface area contributed by atoms with E-state index >= 15 is 0 Å². The Hall–Kier alpha value is -0.240. The van der Waals surface area contributed by atoms with Crippen molar-refractivity contribution in [2.75, 3.05) is 0 Å². The molecule has 0 aliphatic heterocycles. The monoisotopic (exact) mass is 257 g/mol. The lowest BCUT2D eigenvalue weighted by atomic mass is 9.63. The van der Waals surface area contributed by atoms with Crippen LogP contribution in [-0.4, -0.2) is 16.8 Å². The van der Waals surface area contributed by atoms with Crippen LogP contribution in [0.4, 0.5) is 0 Å². The van der Waals surface area contributed by atoms with Crippen LogP contribution < -0.4 is 5.32 Å². The number of carbonyl (C=O) groups is 1. The van der Waals surface area contributed by atoms with Gasteiger partial charge < -0.3 is 5.32 Å². The second-order valence-corrected chi connectivity index (χ2v) is 6.72. The van der Waals surface area contributed by atoms with Gasteiger partial charge in [0.25, 0.3) is 0 Å². The van der Waals surface area contributed by atoms with Crippen molar-refractivity contribution in [3.63, 3.8) is 0 Å². The minimum absolute atomic E-state index is 0.0177. The van der Waals surface area contributed by atoms with Gasteiger partial charge in [0.2, 0.25) is 5.91 Å². The highest BCUT2D eigenvalue weighted by atomic mass is 35.5. The second kappa shape index (κ2) is 5.17. The lowest BCUT2D eigenvalue weighted by Crippen LogP contribution is -2.56. The summed E-state index contributed by atoms with van der Waals surface area (Å²) in [6.45, 7) is 4.03. The molecule has 0 radical (unpaired) electrons. The number of alkyl halides is 1. The van der Waals surface area contributed by atoms with Gasteiger partial charge >= 0.3 is 0 Å². The summed E-state index contributed by atoms with van der Waals surface area (Å²) in [4.78, 5) is 11.9. The Morgan fingerprint density at radius 3 is 2.94 bits per heavy atom. The summed E-state index contributed by atoms with van der Waals surface area (Å²) in [5, 5.41) is 2.85. The van der Waals surface area contributed by atoms with Gasteiger partial charge in [0.05, 0.1) is 0 Å². The van der Waals surface area contributed by atoms with Crippen molar-refractivity contribution in [3.8, 4) is 0 Å². The van der Waals surface area contributed by atoms with Gasteiger partial charge in [-0.25, -0.2) is 0 Å². The van der Waals surface area contributed by atoms with Crippen LogP contribution in [0.15, 0.2) is 0 Å². The molecular formula is C14H24ClNO. The molecule has 1 amide bonds. The first kappa shape index (κ1) is 13.2. The number of hydrogen-bond donors (Lipinski definition) is 1. The van der Waals surface area contributed by atoms with Crippen molar-refractivity contribution >= 4 is 17.5 Å². The molecule has 2 rings (SSSR count). The molecule has 0 aromatic rings. The van der Waals surface area contributed by atoms with Gasteiger partial charge in [0, 0.05) is 5.54 Å². The third-order valence-corrected chi connectivity index (χ3v) is 4.82. The van der Waals surface area contributed by atoms with Gasteiger partial charge in [-0.3, -0.25) is 4.79 Å². The van der Waals surface area contributed by atoms with E-state index in [2.05, 4.69) is 12.2 Å². The molecule has 0 aromatic carbocycles. The zero-order valence-electron chi connectivity index (χ0n) is 11.0. The third kappa shape index (κ3) is 2.96. The molecule has 0 unspecified atom stereocenters. The highest BCUT2D eigenvalue weighted by Gasteiger charge is 2.43. The van der Waals surface area contributed by atoms with Crippen LogP contribution in [-0.2, 0) is 4.79 Å². The maximum atomic E-state index is 11.9. The van der Waals surface area contributed by atoms with Gasteiger partial charge in [-0.1, -0.05) is 26.2 Å². The number of nitrogens with one attached hydrogen (secondary N) is 1. The van der Waals surface area contributed by atoms with Crippen molar-refractivity contribution in [1.82, 2.24) is 5.32 Å². The van der Waals surface area contributed by atoms with E-state index in [1.165, 1.54) is 32.1 Å². The smallest absolute Gasteiger partial charge is 0.238 e. The predicted molar refractivity (Wildman–Crippen MR) is 71.2 cm³/mol. The van der Waals surface area contributed by atoms with Crippen LogP contribution in [0, 0.1) is 11.8 Å². The van der Waals surface area contributed by atoms with Gasteiger partial charge in [0.15, 0.2) is 0 Å². The largest absolute Gasteiger partial charge is 0.349 e. The Kier molecular flexibility index (Phi) is 4.02. The van der Waals surface area contributed by atoms with E-state index in [0.29, 0.717) is 0 Å². The minimum atomic E-state index is -0.410. The van der Waals surface area contributed by atoms with Crippen LogP contribution in [0.1, 0.15) is 58.8 Å². The van der Waals surface area contributed by atoms with Crippen molar-refractivity contribution in [3.05, 3.63) is 0 Å². The predicted octanol–water partition coefficient (Wildman–Crippen LogP) is 3.48. The van der Waals surface area contributed by atoms with E-state index in [0.717, 1.165) is 24.7 Å². The zero-order valence-corrected chi connectivity index (χ0v) is 11.7. The fourth-order valence-corrected chi connectivity index (χ4v) is 3.87. The molecule has 2 aliphatic rings. The Balaban J connectivity index is 2.07. The van der Waals surface area contributed by atoms with Crippen molar-refractivity contribution in [2.24, 2.45) is 11.8 Å². The van der Waals surface area contributed by atoms with E-state index in [9.17, 15) is 4.79 Å². The molecule has 2 aliphatic carbocycles. The lowest BCUT2D eigenvalue weighted by molar-refractivity contribution is -0.124. The van der Waals surface area contributed by atoms with Crippen molar-refractivity contribution in [2.45, 2.75) is 69.7 Å². The fraction of sp³-hybridized carbons (Fsp3) is 0.929. The molecule has 1 N–H and O–H groups in total. The highest BCUT2D eigenvalue weighted by molar-refractivity contribution is 6.30. The maximum Gasteiger partial charge on any atom is 0.238 e. The SMILES string of the molecule is CC[C@@H]1C[C@@H]2CCC[C@](NC(=O)[C@@H](C)Cl)(C1)C2. The van der Waals surface area contributed by atoms with E-state index in [-0.39, 0.29) is 11.4 Å². The summed E-state index contributed by atoms with van der Waals surface area (Å²) >= 11 is 5.88. The molecule has 2 saturated carbocycles. The number of rotatable bonds is 3. The molecule has 2 bridgehead atoms. The van der Waals surface area contributed by atoms with Crippen LogP contribution in [0.25, 0.3) is 0 Å². The number of amides is 1. The molecule has 0 saturated heterocycles. The molecule has 2 fully saturated rings. The van der Waals surface area contributed by atoms with E-state index in [1.807, 2.05) is 0 Å². The quantitative estimate of drug-likeness (QED) is 0.771. The summed E-state index contributed by atoms with van der Waals surface area (Å²) in [6, 6.07) is 0. The maximum absolute atomic E-state index is 11.9. The first-order chi connectivity index (χ1) is 8.04. The summed E-state index contributed by atoms with van der Waals surface area (Å²) < 4.78 is 0. The van der Waals surface area contributed by atoms with Gasteiger partial charge in [-0.15, -0.1) is 11.6 Å². The molecular weight excluding hydrogens is 234 g/mol. The van der Waals surface area contributed by atoms with Crippen molar-refractivity contribution < 1.29 is 4.79 Å². The van der Waals surface area contributed by atoms with Gasteiger partial charge in [0.1, 0.15) is 5.38 Å². The molecule has 4 atom stereocenters. The summed E-state index contributed by atoms with van der Waals surface area (Å²) in [5.41, 5.74) is 0.0715. The Labute approximate surface area is 109 Å². The van der Waals surface area contributed by atoms with Gasteiger partial charge in [-0.05, 0) is 44.4 Å². The van der Waals surface area contributed by atoms with E-state index in [1.54, 1.807) is 6.92 Å². The second-order valence-electron chi connectivity index (χ2n) is 6.06. The first-order valence-electron chi connectivity index (χ1n) is 7.01. The molecule has 17 heavy (non-hydrogen) atoms. The van der Waals surface area contributed by atoms with Crippen LogP contribution >= 0.6 is 11.6 Å². The minimum Gasteiger partial charge on any atom is -0.349 e. The van der Waals surface area contributed by atoms with E-state index < -0.39 is 5.38 Å². The zero-order chi connectivity index (χ0) is 12.5. The Morgan fingerprint density at radius 2 is 2.29 bits per heavy atom. The Morgan fingerprint density at radius 1 is 1.53 bits per heavy atom. The summed E-state index contributed by atoms with van der Waals surface area (Å²) in [5.74, 6) is 1.64. The van der Waals surface area contributed by atoms with Crippen LogP contribution in [0.3, 0.4) is 0 Å². The average Bonchev–Trinajstić information content (AvgIpc) is 2.27. The molecule has 0 spiro atoms. The third-order valence-electron chi connectivity index (χ3n) is 4.62. The van der Waals surface area contributed by atoms with Crippen LogP contribution in [0.5, 0.6) is 0 Å². The molecule has 3 heteroatoms. The standard InChI is InChI=1S/C14H24ClNO/c1-3-11-7-12-5-4-6-14(8-11,9-12)16-13(17)10(2)15/h10-12H,3-9H2,1-2H3,(H,16,17)/t10-,11-,12+,14+/m1/s1. The number of carbonyl (C=O) groups excluding carboxylic acids is 1. The Bertz CT molecular complexity index is 292. The fourth-order valence-electron chi connectivity index (χ4n) is 3.82. The topological polar surface area (TPSA) is 29.1 Å². The van der Waals surface area contributed by atoms with Crippen LogP contribution in [0.2, 0.25) is 0 Å². The molecule has 2 nitrogen and oxygen atoms in total. The molecule has 0 aromatic heterocycles. The molecule has 0 heterocycles.